The second-order valence-corrected chi connectivity index (χ2v) is 9.04. The number of nitrogens with one attached hydrogen (secondary N) is 1. The Balaban J connectivity index is 1.17. The zero-order valence-corrected chi connectivity index (χ0v) is 17.7. The number of hydrogen-bond acceptors (Lipinski definition) is 4. The van der Waals surface area contributed by atoms with Crippen molar-refractivity contribution in [3.8, 4) is 0 Å². The van der Waals surface area contributed by atoms with Crippen molar-refractivity contribution < 1.29 is 14.0 Å². The minimum absolute atomic E-state index is 0.138. The molecule has 3 aliphatic rings. The summed E-state index contributed by atoms with van der Waals surface area (Å²) in [6.07, 6.45) is 6.48. The molecule has 4 rings (SSSR count). The largest absolute Gasteiger partial charge is 0.341 e. The standard InChI is InChI=1S/C23H33FN4O2/c24-20-6-3-7-21(14-20)25-22(29)16-26-10-12-27(13-11-26)17-23(30)28-9-8-18-4-1-2-5-19(18)15-28/h3,6-7,14,18-19H,1-2,4-5,8-13,15-17H2,(H,25,29)/t18-,19-/m1/s1. The van der Waals surface area contributed by atoms with Crippen LogP contribution >= 0.6 is 0 Å². The number of piperidine rings is 1. The van der Waals surface area contributed by atoms with Crippen molar-refractivity contribution in [1.82, 2.24) is 14.7 Å². The Hall–Kier alpha value is -1.99. The summed E-state index contributed by atoms with van der Waals surface area (Å²) in [4.78, 5) is 31.4. The van der Waals surface area contributed by atoms with Crippen LogP contribution in [0.1, 0.15) is 32.1 Å². The summed E-state index contributed by atoms with van der Waals surface area (Å²) < 4.78 is 13.2. The highest BCUT2D eigenvalue weighted by atomic mass is 19.1. The molecule has 7 heteroatoms. The minimum atomic E-state index is -0.362. The molecule has 2 heterocycles. The van der Waals surface area contributed by atoms with E-state index >= 15 is 0 Å². The lowest BCUT2D eigenvalue weighted by Crippen LogP contribution is -2.53. The number of likely N-dealkylation sites (tertiary alicyclic amines) is 1. The summed E-state index contributed by atoms with van der Waals surface area (Å²) in [6.45, 7) is 5.74. The van der Waals surface area contributed by atoms with Gasteiger partial charge in [0.05, 0.1) is 13.1 Å². The maximum Gasteiger partial charge on any atom is 0.238 e. The van der Waals surface area contributed by atoms with Gasteiger partial charge in [0.25, 0.3) is 0 Å². The quantitative estimate of drug-likeness (QED) is 0.801. The monoisotopic (exact) mass is 416 g/mol. The zero-order chi connectivity index (χ0) is 20.9. The van der Waals surface area contributed by atoms with Gasteiger partial charge >= 0.3 is 0 Å². The van der Waals surface area contributed by atoms with Gasteiger partial charge in [0.15, 0.2) is 0 Å². The normalized spacial score (nSPS) is 25.6. The molecule has 0 aromatic heterocycles. The molecule has 0 radical (unpaired) electrons. The first-order valence-electron chi connectivity index (χ1n) is 11.3. The van der Waals surface area contributed by atoms with E-state index in [2.05, 4.69) is 20.0 Å². The molecule has 3 fully saturated rings. The lowest BCUT2D eigenvalue weighted by Gasteiger charge is -2.42. The summed E-state index contributed by atoms with van der Waals surface area (Å²) in [5, 5.41) is 2.74. The third kappa shape index (κ3) is 5.58. The highest BCUT2D eigenvalue weighted by Gasteiger charge is 2.33. The van der Waals surface area contributed by atoms with Gasteiger partial charge in [-0.05, 0) is 42.9 Å². The van der Waals surface area contributed by atoms with E-state index in [-0.39, 0.29) is 24.2 Å². The molecule has 2 amide bonds. The number of amides is 2. The fourth-order valence-corrected chi connectivity index (χ4v) is 5.19. The zero-order valence-electron chi connectivity index (χ0n) is 17.7. The van der Waals surface area contributed by atoms with Crippen molar-refractivity contribution in [3.63, 3.8) is 0 Å². The number of rotatable bonds is 5. The van der Waals surface area contributed by atoms with Crippen molar-refractivity contribution in [2.24, 2.45) is 11.8 Å². The third-order valence-electron chi connectivity index (χ3n) is 6.94. The molecule has 0 bridgehead atoms. The van der Waals surface area contributed by atoms with E-state index in [1.54, 1.807) is 12.1 Å². The van der Waals surface area contributed by atoms with E-state index in [0.29, 0.717) is 18.2 Å². The Morgan fingerprint density at radius 3 is 2.37 bits per heavy atom. The number of carbonyl (C=O) groups is 2. The maximum atomic E-state index is 13.2. The molecule has 1 saturated carbocycles. The van der Waals surface area contributed by atoms with Gasteiger partial charge in [-0.2, -0.15) is 0 Å². The number of hydrogen-bond donors (Lipinski definition) is 1. The van der Waals surface area contributed by atoms with E-state index < -0.39 is 0 Å². The number of fused-ring (bicyclic) bond motifs is 1. The fourth-order valence-electron chi connectivity index (χ4n) is 5.19. The van der Waals surface area contributed by atoms with E-state index in [9.17, 15) is 14.0 Å². The molecular weight excluding hydrogens is 383 g/mol. The predicted octanol–water partition coefficient (Wildman–Crippen LogP) is 2.42. The van der Waals surface area contributed by atoms with Gasteiger partial charge in [0.1, 0.15) is 5.82 Å². The van der Waals surface area contributed by atoms with Gasteiger partial charge in [-0.3, -0.25) is 19.4 Å². The van der Waals surface area contributed by atoms with Crippen LogP contribution in [-0.4, -0.2) is 78.9 Å². The van der Waals surface area contributed by atoms with Gasteiger partial charge in [0, 0.05) is 45.0 Å². The van der Waals surface area contributed by atoms with Crippen LogP contribution in [0, 0.1) is 17.7 Å². The number of halogens is 1. The molecule has 1 aliphatic carbocycles. The van der Waals surface area contributed by atoms with Crippen molar-refractivity contribution in [1.29, 1.82) is 0 Å². The molecule has 6 nitrogen and oxygen atoms in total. The Labute approximate surface area is 178 Å². The summed E-state index contributed by atoms with van der Waals surface area (Å²) in [5.41, 5.74) is 0.478. The van der Waals surface area contributed by atoms with Crippen LogP contribution < -0.4 is 5.32 Å². The lowest BCUT2D eigenvalue weighted by molar-refractivity contribution is -0.136. The molecule has 1 aromatic rings. The van der Waals surface area contributed by atoms with Crippen LogP contribution in [0.3, 0.4) is 0 Å². The van der Waals surface area contributed by atoms with Gasteiger partial charge in [-0.25, -0.2) is 4.39 Å². The van der Waals surface area contributed by atoms with Crippen LogP contribution in [0.15, 0.2) is 24.3 Å². The van der Waals surface area contributed by atoms with Gasteiger partial charge in [-0.15, -0.1) is 0 Å². The number of piperazine rings is 1. The smallest absolute Gasteiger partial charge is 0.238 e. The van der Waals surface area contributed by atoms with E-state index in [1.807, 2.05) is 0 Å². The summed E-state index contributed by atoms with van der Waals surface area (Å²) >= 11 is 0. The number of nitrogens with zero attached hydrogens (tertiary/aromatic N) is 3. The number of benzene rings is 1. The van der Waals surface area contributed by atoms with E-state index in [4.69, 9.17) is 0 Å². The molecule has 0 unspecified atom stereocenters. The Morgan fingerprint density at radius 2 is 1.63 bits per heavy atom. The van der Waals surface area contributed by atoms with Crippen molar-refractivity contribution >= 4 is 17.5 Å². The van der Waals surface area contributed by atoms with Crippen molar-refractivity contribution in [3.05, 3.63) is 30.1 Å². The van der Waals surface area contributed by atoms with E-state index in [1.165, 1.54) is 44.2 Å². The predicted molar refractivity (Wildman–Crippen MR) is 115 cm³/mol. The van der Waals surface area contributed by atoms with Crippen LogP contribution in [0.5, 0.6) is 0 Å². The molecule has 2 aliphatic heterocycles. The van der Waals surface area contributed by atoms with Crippen LogP contribution in [0.2, 0.25) is 0 Å². The summed E-state index contributed by atoms with van der Waals surface area (Å²) in [6, 6.07) is 5.93. The molecule has 0 spiro atoms. The molecular formula is C23H33FN4O2. The average Bonchev–Trinajstić information content (AvgIpc) is 2.74. The number of anilines is 1. The van der Waals surface area contributed by atoms with Crippen LogP contribution in [-0.2, 0) is 9.59 Å². The van der Waals surface area contributed by atoms with Crippen molar-refractivity contribution in [2.75, 3.05) is 57.7 Å². The molecule has 2 atom stereocenters. The molecule has 164 valence electrons. The first kappa shape index (κ1) is 21.2. The van der Waals surface area contributed by atoms with Crippen LogP contribution in [0.4, 0.5) is 10.1 Å². The summed E-state index contributed by atoms with van der Waals surface area (Å²) in [7, 11) is 0. The Morgan fingerprint density at radius 1 is 0.933 bits per heavy atom. The maximum absolute atomic E-state index is 13.2. The van der Waals surface area contributed by atoms with Gasteiger partial charge < -0.3 is 10.2 Å². The molecule has 30 heavy (non-hydrogen) atoms. The molecule has 2 saturated heterocycles. The van der Waals surface area contributed by atoms with Gasteiger partial charge in [-0.1, -0.05) is 25.3 Å². The second-order valence-electron chi connectivity index (χ2n) is 9.04. The van der Waals surface area contributed by atoms with E-state index in [0.717, 1.165) is 45.2 Å². The Bertz CT molecular complexity index is 750. The minimum Gasteiger partial charge on any atom is -0.341 e. The first-order chi connectivity index (χ1) is 14.6. The molecule has 1 aromatic carbocycles. The topological polar surface area (TPSA) is 55.9 Å². The fraction of sp³-hybridized carbons (Fsp3) is 0.652. The Kier molecular flexibility index (Phi) is 7.00. The second kappa shape index (κ2) is 9.88. The van der Waals surface area contributed by atoms with Crippen molar-refractivity contribution in [2.45, 2.75) is 32.1 Å². The highest BCUT2D eigenvalue weighted by molar-refractivity contribution is 5.92. The SMILES string of the molecule is O=C(CN1CCN(CC(=O)N2CC[C@H]3CCCC[C@@H]3C2)CC1)Nc1cccc(F)c1. The summed E-state index contributed by atoms with van der Waals surface area (Å²) in [5.74, 6) is 1.31. The van der Waals surface area contributed by atoms with Gasteiger partial charge in [0.2, 0.25) is 11.8 Å². The van der Waals surface area contributed by atoms with Crippen LogP contribution in [0.25, 0.3) is 0 Å². The number of carbonyl (C=O) groups excluding carboxylic acids is 2. The first-order valence-corrected chi connectivity index (χ1v) is 11.3. The highest BCUT2D eigenvalue weighted by Crippen LogP contribution is 2.36. The molecule has 1 N–H and O–H groups in total. The lowest BCUT2D eigenvalue weighted by atomic mass is 9.75. The average molecular weight is 417 g/mol. The third-order valence-corrected chi connectivity index (χ3v) is 6.94.